The molecule has 0 atom stereocenters. The standard InChI is InChI=1S/C28H29BrN2O2.C4H4O4/c29-26-13-7-8-23(22-26)14-15-27(32)31-18-16-30(17-19-31)20-21-33-28(24-9-3-1-4-10-24)25-11-5-2-6-12-25;5-3(6)1-2-4(7)8/h1-15,22,28H,16-21H2;1-2H,(H,5,6)(H,7,8)/b15-14+;2-1-. The normalized spacial score (nSPS) is 13.8. The van der Waals surface area contributed by atoms with E-state index in [1.54, 1.807) is 6.08 Å². The monoisotopic (exact) mass is 620 g/mol. The fourth-order valence-corrected chi connectivity index (χ4v) is 4.57. The van der Waals surface area contributed by atoms with Crippen LogP contribution in [-0.4, -0.2) is 77.2 Å². The lowest BCUT2D eigenvalue weighted by molar-refractivity contribution is -0.134. The topological polar surface area (TPSA) is 107 Å². The summed E-state index contributed by atoms with van der Waals surface area (Å²) in [6, 6.07) is 28.7. The van der Waals surface area contributed by atoms with Gasteiger partial charge in [0, 0.05) is 55.4 Å². The van der Waals surface area contributed by atoms with Gasteiger partial charge in [-0.05, 0) is 34.9 Å². The minimum atomic E-state index is -1.26. The zero-order valence-corrected chi connectivity index (χ0v) is 24.1. The molecule has 0 spiro atoms. The smallest absolute Gasteiger partial charge is 0.328 e. The van der Waals surface area contributed by atoms with Crippen LogP contribution in [0.25, 0.3) is 6.08 Å². The molecule has 1 aliphatic rings. The van der Waals surface area contributed by atoms with Crippen molar-refractivity contribution in [1.29, 1.82) is 0 Å². The highest BCUT2D eigenvalue weighted by atomic mass is 79.9. The summed E-state index contributed by atoms with van der Waals surface area (Å²) in [6.45, 7) is 4.70. The summed E-state index contributed by atoms with van der Waals surface area (Å²) in [6.07, 6.45) is 4.59. The van der Waals surface area contributed by atoms with Gasteiger partial charge in [-0.15, -0.1) is 0 Å². The first-order valence-electron chi connectivity index (χ1n) is 13.1. The van der Waals surface area contributed by atoms with Gasteiger partial charge >= 0.3 is 11.9 Å². The highest BCUT2D eigenvalue weighted by Gasteiger charge is 2.20. The van der Waals surface area contributed by atoms with Crippen LogP contribution in [0.15, 0.2) is 108 Å². The van der Waals surface area contributed by atoms with Gasteiger partial charge in [-0.3, -0.25) is 9.69 Å². The number of ether oxygens (including phenoxy) is 1. The molecule has 0 bridgehead atoms. The minimum Gasteiger partial charge on any atom is -0.478 e. The molecular weight excluding hydrogens is 588 g/mol. The summed E-state index contributed by atoms with van der Waals surface area (Å²) in [4.78, 5) is 36.0. The third-order valence-electron chi connectivity index (χ3n) is 6.22. The molecule has 0 aromatic heterocycles. The molecule has 3 aromatic carbocycles. The average Bonchev–Trinajstić information content (AvgIpc) is 2.99. The molecule has 41 heavy (non-hydrogen) atoms. The van der Waals surface area contributed by atoms with Crippen molar-refractivity contribution in [2.45, 2.75) is 6.10 Å². The van der Waals surface area contributed by atoms with Crippen molar-refractivity contribution >= 4 is 39.9 Å². The highest BCUT2D eigenvalue weighted by Crippen LogP contribution is 2.25. The van der Waals surface area contributed by atoms with E-state index in [9.17, 15) is 14.4 Å². The second-order valence-electron chi connectivity index (χ2n) is 9.14. The van der Waals surface area contributed by atoms with Gasteiger partial charge in [0.05, 0.1) is 6.61 Å². The summed E-state index contributed by atoms with van der Waals surface area (Å²) >= 11 is 3.46. The number of piperazine rings is 1. The summed E-state index contributed by atoms with van der Waals surface area (Å²) in [5.74, 6) is -2.45. The molecule has 1 fully saturated rings. The Balaban J connectivity index is 0.000000507. The van der Waals surface area contributed by atoms with Gasteiger partial charge in [0.2, 0.25) is 5.91 Å². The quantitative estimate of drug-likeness (QED) is 0.303. The van der Waals surface area contributed by atoms with Crippen molar-refractivity contribution in [1.82, 2.24) is 9.80 Å². The van der Waals surface area contributed by atoms with E-state index in [2.05, 4.69) is 69.4 Å². The summed E-state index contributed by atoms with van der Waals surface area (Å²) in [7, 11) is 0. The molecule has 1 heterocycles. The van der Waals surface area contributed by atoms with E-state index in [0.29, 0.717) is 18.8 Å². The Bertz CT molecular complexity index is 1270. The van der Waals surface area contributed by atoms with Crippen molar-refractivity contribution in [2.24, 2.45) is 0 Å². The predicted molar refractivity (Wildman–Crippen MR) is 161 cm³/mol. The second kappa shape index (κ2) is 16.9. The maximum Gasteiger partial charge on any atom is 0.328 e. The molecule has 3 aromatic rings. The third-order valence-corrected chi connectivity index (χ3v) is 6.71. The SMILES string of the molecule is O=C(/C=C/c1cccc(Br)c1)N1CCN(CCOC(c2ccccc2)c2ccccc2)CC1.O=C(O)/C=C\C(=O)O. The van der Waals surface area contributed by atoms with Crippen LogP contribution in [0.5, 0.6) is 0 Å². The Morgan fingerprint density at radius 1 is 0.780 bits per heavy atom. The van der Waals surface area contributed by atoms with Gasteiger partial charge < -0.3 is 19.8 Å². The molecule has 0 aliphatic carbocycles. The van der Waals surface area contributed by atoms with Crippen LogP contribution in [-0.2, 0) is 19.1 Å². The van der Waals surface area contributed by atoms with E-state index in [1.807, 2.05) is 47.4 Å². The van der Waals surface area contributed by atoms with E-state index in [1.165, 1.54) is 0 Å². The number of carboxylic acids is 2. The fourth-order valence-electron chi connectivity index (χ4n) is 4.16. The number of carbonyl (C=O) groups is 3. The molecule has 0 radical (unpaired) electrons. The van der Waals surface area contributed by atoms with Gasteiger partial charge in [0.15, 0.2) is 0 Å². The molecule has 0 unspecified atom stereocenters. The highest BCUT2D eigenvalue weighted by molar-refractivity contribution is 9.10. The van der Waals surface area contributed by atoms with Gasteiger partial charge in [-0.1, -0.05) is 88.7 Å². The Morgan fingerprint density at radius 2 is 1.34 bits per heavy atom. The van der Waals surface area contributed by atoms with Crippen LogP contribution in [0, 0.1) is 0 Å². The fraction of sp³-hybridized carbons (Fsp3) is 0.219. The second-order valence-corrected chi connectivity index (χ2v) is 10.1. The lowest BCUT2D eigenvalue weighted by Gasteiger charge is -2.34. The molecular formula is C32H33BrN2O6. The van der Waals surface area contributed by atoms with Crippen LogP contribution in [0.1, 0.15) is 22.8 Å². The van der Waals surface area contributed by atoms with Crippen LogP contribution < -0.4 is 0 Å². The Kier molecular flexibility index (Phi) is 13.0. The number of aliphatic carboxylic acids is 2. The lowest BCUT2D eigenvalue weighted by Crippen LogP contribution is -2.49. The van der Waals surface area contributed by atoms with Crippen LogP contribution in [0.4, 0.5) is 0 Å². The van der Waals surface area contributed by atoms with Crippen molar-refractivity contribution in [2.75, 3.05) is 39.3 Å². The summed E-state index contributed by atoms with van der Waals surface area (Å²) in [5, 5.41) is 15.6. The van der Waals surface area contributed by atoms with E-state index in [-0.39, 0.29) is 12.0 Å². The Hall–Kier alpha value is -4.05. The summed E-state index contributed by atoms with van der Waals surface area (Å²) in [5.41, 5.74) is 3.34. The van der Waals surface area contributed by atoms with Crippen molar-refractivity contribution in [3.05, 3.63) is 124 Å². The van der Waals surface area contributed by atoms with E-state index in [4.69, 9.17) is 14.9 Å². The zero-order chi connectivity index (χ0) is 29.5. The predicted octanol–water partition coefficient (Wildman–Crippen LogP) is 5.12. The third kappa shape index (κ3) is 11.5. The van der Waals surface area contributed by atoms with Gasteiger partial charge in [-0.2, -0.15) is 0 Å². The minimum absolute atomic E-state index is 0.0686. The van der Waals surface area contributed by atoms with E-state index in [0.717, 1.165) is 53.9 Å². The zero-order valence-electron chi connectivity index (χ0n) is 22.5. The first-order chi connectivity index (χ1) is 19.8. The number of halogens is 1. The number of benzene rings is 3. The number of amides is 1. The van der Waals surface area contributed by atoms with Crippen molar-refractivity contribution in [3.63, 3.8) is 0 Å². The molecule has 1 amide bonds. The molecule has 9 heteroatoms. The molecule has 1 saturated heterocycles. The molecule has 8 nitrogen and oxygen atoms in total. The largest absolute Gasteiger partial charge is 0.478 e. The number of carboxylic acid groups (broad SMARTS) is 2. The molecule has 214 valence electrons. The lowest BCUT2D eigenvalue weighted by atomic mass is 10.0. The maximum absolute atomic E-state index is 12.6. The number of rotatable bonds is 10. The molecule has 0 saturated carbocycles. The first-order valence-corrected chi connectivity index (χ1v) is 13.9. The van der Waals surface area contributed by atoms with Crippen LogP contribution in [0.3, 0.4) is 0 Å². The first kappa shape index (κ1) is 31.5. The number of carbonyl (C=O) groups excluding carboxylic acids is 1. The Morgan fingerprint density at radius 3 is 1.85 bits per heavy atom. The van der Waals surface area contributed by atoms with Gasteiger partial charge in [0.25, 0.3) is 0 Å². The number of nitrogens with zero attached hydrogens (tertiary/aromatic N) is 2. The Labute approximate surface area is 248 Å². The molecule has 4 rings (SSSR count). The van der Waals surface area contributed by atoms with E-state index >= 15 is 0 Å². The molecule has 2 N–H and O–H groups in total. The summed E-state index contributed by atoms with van der Waals surface area (Å²) < 4.78 is 7.36. The number of hydrogen-bond acceptors (Lipinski definition) is 5. The van der Waals surface area contributed by atoms with Crippen molar-refractivity contribution < 1.29 is 29.3 Å². The molecule has 1 aliphatic heterocycles. The average molecular weight is 622 g/mol. The maximum atomic E-state index is 12.6. The van der Waals surface area contributed by atoms with Gasteiger partial charge in [0.1, 0.15) is 6.10 Å². The van der Waals surface area contributed by atoms with Crippen molar-refractivity contribution in [3.8, 4) is 0 Å². The van der Waals surface area contributed by atoms with Gasteiger partial charge in [-0.25, -0.2) is 9.59 Å². The number of hydrogen-bond donors (Lipinski definition) is 2. The van der Waals surface area contributed by atoms with Crippen LogP contribution >= 0.6 is 15.9 Å². The van der Waals surface area contributed by atoms with Crippen LogP contribution in [0.2, 0.25) is 0 Å². The van der Waals surface area contributed by atoms with E-state index < -0.39 is 11.9 Å².